The SMILES string of the molecule is COC(=O)c1cc(F)c(N(C)C)nc1Cl. The average molecular weight is 233 g/mol. The maximum atomic E-state index is 13.4. The topological polar surface area (TPSA) is 42.4 Å². The molecule has 0 saturated carbocycles. The molecule has 0 fully saturated rings. The number of methoxy groups -OCH3 is 1. The Bertz CT molecular complexity index is 396. The Kier molecular flexibility index (Phi) is 3.47. The highest BCUT2D eigenvalue weighted by atomic mass is 35.5. The van der Waals surface area contributed by atoms with Crippen LogP contribution in [0.15, 0.2) is 6.07 Å². The highest BCUT2D eigenvalue weighted by Gasteiger charge is 2.17. The number of pyridine rings is 1. The molecule has 0 spiro atoms. The number of anilines is 1. The largest absolute Gasteiger partial charge is 0.465 e. The van der Waals surface area contributed by atoms with E-state index in [1.165, 1.54) is 12.0 Å². The zero-order chi connectivity index (χ0) is 11.6. The van der Waals surface area contributed by atoms with Crippen molar-refractivity contribution in [3.05, 3.63) is 22.6 Å². The van der Waals surface area contributed by atoms with Crippen molar-refractivity contribution in [1.82, 2.24) is 4.98 Å². The number of ether oxygens (including phenoxy) is 1. The smallest absolute Gasteiger partial charge is 0.341 e. The number of rotatable bonds is 2. The van der Waals surface area contributed by atoms with Crippen molar-refractivity contribution in [3.63, 3.8) is 0 Å². The molecule has 0 amide bonds. The summed E-state index contributed by atoms with van der Waals surface area (Å²) in [6.07, 6.45) is 0. The quantitative estimate of drug-likeness (QED) is 0.575. The van der Waals surface area contributed by atoms with Crippen LogP contribution in [0.2, 0.25) is 5.15 Å². The van der Waals surface area contributed by atoms with Gasteiger partial charge in [-0.2, -0.15) is 0 Å². The van der Waals surface area contributed by atoms with Gasteiger partial charge < -0.3 is 9.64 Å². The Labute approximate surface area is 91.6 Å². The van der Waals surface area contributed by atoms with Crippen LogP contribution < -0.4 is 4.90 Å². The van der Waals surface area contributed by atoms with Crippen LogP contribution in [0, 0.1) is 5.82 Å². The molecule has 4 nitrogen and oxygen atoms in total. The Balaban J connectivity index is 3.25. The first kappa shape index (κ1) is 11.7. The molecule has 1 rings (SSSR count). The van der Waals surface area contributed by atoms with Crippen molar-refractivity contribution in [1.29, 1.82) is 0 Å². The van der Waals surface area contributed by atoms with E-state index in [0.717, 1.165) is 6.07 Å². The molecular formula is C9H10ClFN2O2. The van der Waals surface area contributed by atoms with Crippen LogP contribution in [0.4, 0.5) is 10.2 Å². The van der Waals surface area contributed by atoms with E-state index in [2.05, 4.69) is 9.72 Å². The maximum Gasteiger partial charge on any atom is 0.341 e. The van der Waals surface area contributed by atoms with E-state index < -0.39 is 11.8 Å². The summed E-state index contributed by atoms with van der Waals surface area (Å²) in [5, 5.41) is -0.0769. The number of esters is 1. The summed E-state index contributed by atoms with van der Waals surface area (Å²) in [6, 6.07) is 1.01. The first-order valence-corrected chi connectivity index (χ1v) is 4.47. The fraction of sp³-hybridized carbons (Fsp3) is 0.333. The first-order valence-electron chi connectivity index (χ1n) is 4.09. The molecule has 0 aromatic carbocycles. The third-order valence-corrected chi connectivity index (χ3v) is 2.03. The van der Waals surface area contributed by atoms with Crippen molar-refractivity contribution in [2.75, 3.05) is 26.1 Å². The van der Waals surface area contributed by atoms with Crippen LogP contribution in [0.1, 0.15) is 10.4 Å². The molecule has 15 heavy (non-hydrogen) atoms. The molecule has 0 aliphatic heterocycles. The maximum absolute atomic E-state index is 13.4. The van der Waals surface area contributed by atoms with Gasteiger partial charge in [-0.3, -0.25) is 0 Å². The van der Waals surface area contributed by atoms with Gasteiger partial charge >= 0.3 is 5.97 Å². The second-order valence-electron chi connectivity index (χ2n) is 3.02. The number of halogens is 2. The molecule has 1 heterocycles. The minimum absolute atomic E-state index is 0.0765. The molecule has 0 aliphatic rings. The fourth-order valence-electron chi connectivity index (χ4n) is 1.02. The van der Waals surface area contributed by atoms with Crippen LogP contribution in [-0.4, -0.2) is 32.2 Å². The molecule has 0 aliphatic carbocycles. The van der Waals surface area contributed by atoms with Gasteiger partial charge in [-0.1, -0.05) is 11.6 Å². The third-order valence-electron chi connectivity index (χ3n) is 1.74. The van der Waals surface area contributed by atoms with Crippen molar-refractivity contribution in [2.45, 2.75) is 0 Å². The summed E-state index contributed by atoms with van der Waals surface area (Å²) >= 11 is 5.71. The summed E-state index contributed by atoms with van der Waals surface area (Å²) in [7, 11) is 4.44. The molecule has 0 N–H and O–H groups in total. The number of hydrogen-bond acceptors (Lipinski definition) is 4. The minimum Gasteiger partial charge on any atom is -0.465 e. The van der Waals surface area contributed by atoms with Crippen molar-refractivity contribution >= 4 is 23.4 Å². The van der Waals surface area contributed by atoms with Gasteiger partial charge in [0.2, 0.25) is 0 Å². The number of hydrogen-bond donors (Lipinski definition) is 0. The predicted octanol–water partition coefficient (Wildman–Crippen LogP) is 1.73. The minimum atomic E-state index is -0.711. The van der Waals surface area contributed by atoms with Crippen LogP contribution in [0.5, 0.6) is 0 Å². The fourth-order valence-corrected chi connectivity index (χ4v) is 1.24. The zero-order valence-electron chi connectivity index (χ0n) is 8.54. The lowest BCUT2D eigenvalue weighted by Gasteiger charge is -2.13. The van der Waals surface area contributed by atoms with Gasteiger partial charge in [0.05, 0.1) is 7.11 Å². The second-order valence-corrected chi connectivity index (χ2v) is 3.38. The van der Waals surface area contributed by atoms with Crippen LogP contribution >= 0.6 is 11.6 Å². The van der Waals surface area contributed by atoms with E-state index in [9.17, 15) is 9.18 Å². The molecule has 0 atom stereocenters. The van der Waals surface area contributed by atoms with Gasteiger partial charge in [-0.15, -0.1) is 0 Å². The molecule has 1 aromatic rings. The van der Waals surface area contributed by atoms with Crippen LogP contribution in [-0.2, 0) is 4.74 Å². The van der Waals surface area contributed by atoms with E-state index in [1.54, 1.807) is 14.1 Å². The van der Waals surface area contributed by atoms with Gasteiger partial charge in [0.15, 0.2) is 11.6 Å². The van der Waals surface area contributed by atoms with E-state index in [4.69, 9.17) is 11.6 Å². The van der Waals surface area contributed by atoms with Crippen LogP contribution in [0.25, 0.3) is 0 Å². The number of carbonyl (C=O) groups excluding carboxylic acids is 1. The molecule has 0 bridgehead atoms. The second kappa shape index (κ2) is 4.44. The van der Waals surface area contributed by atoms with Crippen molar-refractivity contribution in [2.24, 2.45) is 0 Å². The van der Waals surface area contributed by atoms with E-state index in [-0.39, 0.29) is 16.5 Å². The summed E-state index contributed by atoms with van der Waals surface area (Å²) in [6.45, 7) is 0. The molecule has 6 heteroatoms. The van der Waals surface area contributed by atoms with Gasteiger partial charge in [0, 0.05) is 14.1 Å². The Morgan fingerprint density at radius 1 is 1.60 bits per heavy atom. The number of nitrogens with zero attached hydrogens (tertiary/aromatic N) is 2. The number of carbonyl (C=O) groups is 1. The van der Waals surface area contributed by atoms with Gasteiger partial charge in [-0.05, 0) is 6.07 Å². The summed E-state index contributed by atoms with van der Waals surface area (Å²) in [5.41, 5.74) is -0.0812. The van der Waals surface area contributed by atoms with Gasteiger partial charge in [0.1, 0.15) is 10.7 Å². The van der Waals surface area contributed by atoms with E-state index in [0.29, 0.717) is 0 Å². The molecule has 0 saturated heterocycles. The zero-order valence-corrected chi connectivity index (χ0v) is 9.30. The Morgan fingerprint density at radius 3 is 2.67 bits per heavy atom. The van der Waals surface area contributed by atoms with Crippen LogP contribution in [0.3, 0.4) is 0 Å². The van der Waals surface area contributed by atoms with Gasteiger partial charge in [-0.25, -0.2) is 14.2 Å². The standard InChI is InChI=1S/C9H10ClFN2O2/c1-13(2)8-6(11)4-5(7(10)12-8)9(14)15-3/h4H,1-3H3. The summed E-state index contributed by atoms with van der Waals surface area (Å²) in [5.74, 6) is -1.26. The normalized spacial score (nSPS) is 9.93. The number of aromatic nitrogens is 1. The van der Waals surface area contributed by atoms with E-state index in [1.807, 2.05) is 0 Å². The molecule has 1 aromatic heterocycles. The lowest BCUT2D eigenvalue weighted by molar-refractivity contribution is 0.0600. The lowest BCUT2D eigenvalue weighted by atomic mass is 10.2. The average Bonchev–Trinajstić information content (AvgIpc) is 2.19. The summed E-state index contributed by atoms with van der Waals surface area (Å²) < 4.78 is 17.8. The molecule has 0 unspecified atom stereocenters. The molecular weight excluding hydrogens is 223 g/mol. The molecule has 82 valence electrons. The van der Waals surface area contributed by atoms with Crippen molar-refractivity contribution < 1.29 is 13.9 Å². The van der Waals surface area contributed by atoms with Gasteiger partial charge in [0.25, 0.3) is 0 Å². The third kappa shape index (κ3) is 2.36. The lowest BCUT2D eigenvalue weighted by Crippen LogP contribution is -2.14. The Hall–Kier alpha value is -1.36. The Morgan fingerprint density at radius 2 is 2.20 bits per heavy atom. The first-order chi connectivity index (χ1) is 6.97. The monoisotopic (exact) mass is 232 g/mol. The molecule has 0 radical (unpaired) electrons. The highest BCUT2D eigenvalue weighted by Crippen LogP contribution is 2.22. The summed E-state index contributed by atoms with van der Waals surface area (Å²) in [4.78, 5) is 16.4. The van der Waals surface area contributed by atoms with E-state index >= 15 is 0 Å². The van der Waals surface area contributed by atoms with Crippen molar-refractivity contribution in [3.8, 4) is 0 Å². The predicted molar refractivity (Wildman–Crippen MR) is 54.9 cm³/mol. The highest BCUT2D eigenvalue weighted by molar-refractivity contribution is 6.32.